The van der Waals surface area contributed by atoms with Gasteiger partial charge >= 0.3 is 0 Å². The highest BCUT2D eigenvalue weighted by atomic mass is 32.1. The Kier molecular flexibility index (Phi) is 6.39. The molecule has 0 radical (unpaired) electrons. The monoisotopic (exact) mass is 643 g/mol. The number of furan rings is 1. The van der Waals surface area contributed by atoms with Crippen LogP contribution in [0.3, 0.4) is 0 Å². The number of hydrogen-bond acceptors (Lipinski definition) is 3. The third-order valence-corrected chi connectivity index (χ3v) is 10.9. The smallest absolute Gasteiger partial charge is 0.159 e. The average Bonchev–Trinajstić information content (AvgIpc) is 3.75. The first-order chi connectivity index (χ1) is 24.3. The third-order valence-electron chi connectivity index (χ3n) is 9.67. The molecule has 10 aromatic rings. The van der Waals surface area contributed by atoms with E-state index in [0.717, 1.165) is 39.0 Å². The Labute approximate surface area is 287 Å². The van der Waals surface area contributed by atoms with E-state index in [1.807, 2.05) is 17.4 Å². The summed E-state index contributed by atoms with van der Waals surface area (Å²) >= 11 is 1.84. The number of nitrogens with zero attached hydrogens (tertiary/aromatic N) is 1. The van der Waals surface area contributed by atoms with Crippen molar-refractivity contribution in [1.29, 1.82) is 0 Å². The fourth-order valence-corrected chi connectivity index (χ4v) is 8.56. The van der Waals surface area contributed by atoms with Gasteiger partial charge in [0.1, 0.15) is 5.58 Å². The fraction of sp³-hybridized carbons (Fsp3) is 0. The molecule has 3 heteroatoms. The summed E-state index contributed by atoms with van der Waals surface area (Å²) in [6.45, 7) is 0. The fourth-order valence-electron chi connectivity index (χ4n) is 7.35. The Bertz CT molecular complexity index is 2710. The summed E-state index contributed by atoms with van der Waals surface area (Å²) in [7, 11) is 0. The number of rotatable bonds is 5. The molecule has 0 atom stereocenters. The standard InChI is InChI=1S/C46H29NOS/c1-2-11-31(12-3-1)35-16-8-13-32-23-24-33(29-40(32)35)30-25-27-34(28-26-30)47(41-19-9-17-38-36-14-4-6-21-43(36)48-45(38)41)42-20-10-18-39-37-15-5-7-22-44(37)49-46(39)42/h1-29H. The molecule has 0 aliphatic rings. The van der Waals surface area contributed by atoms with E-state index < -0.39 is 0 Å². The minimum Gasteiger partial charge on any atom is -0.454 e. The molecule has 2 aromatic heterocycles. The van der Waals surface area contributed by atoms with Crippen molar-refractivity contribution in [2.75, 3.05) is 4.90 Å². The van der Waals surface area contributed by atoms with Crippen LogP contribution in [0.25, 0.3) is 75.1 Å². The molecule has 0 N–H and O–H groups in total. The molecule has 8 aromatic carbocycles. The molecule has 0 saturated heterocycles. The normalized spacial score (nSPS) is 11.7. The van der Waals surface area contributed by atoms with Crippen LogP contribution in [-0.4, -0.2) is 0 Å². The first-order valence-corrected chi connectivity index (χ1v) is 17.4. The molecule has 0 saturated carbocycles. The van der Waals surface area contributed by atoms with Crippen LogP contribution in [0.1, 0.15) is 0 Å². The maximum atomic E-state index is 6.62. The van der Waals surface area contributed by atoms with Gasteiger partial charge in [-0.1, -0.05) is 133 Å². The lowest BCUT2D eigenvalue weighted by molar-refractivity contribution is 0.669. The maximum Gasteiger partial charge on any atom is 0.159 e. The molecule has 0 aliphatic heterocycles. The second kappa shape index (κ2) is 11.2. The Morgan fingerprint density at radius 2 is 1.12 bits per heavy atom. The number of benzene rings is 8. The van der Waals surface area contributed by atoms with Crippen molar-refractivity contribution >= 4 is 81.3 Å². The zero-order valence-electron chi connectivity index (χ0n) is 26.5. The molecule has 230 valence electrons. The van der Waals surface area contributed by atoms with Gasteiger partial charge in [0.05, 0.1) is 16.1 Å². The lowest BCUT2D eigenvalue weighted by Crippen LogP contribution is -2.10. The van der Waals surface area contributed by atoms with Crippen LogP contribution in [0.4, 0.5) is 17.1 Å². The van der Waals surface area contributed by atoms with Crippen LogP contribution in [0.2, 0.25) is 0 Å². The van der Waals surface area contributed by atoms with Gasteiger partial charge in [-0.3, -0.25) is 0 Å². The Balaban J connectivity index is 1.16. The molecule has 2 nitrogen and oxygen atoms in total. The maximum absolute atomic E-state index is 6.62. The van der Waals surface area contributed by atoms with E-state index in [4.69, 9.17) is 4.42 Å². The van der Waals surface area contributed by atoms with Crippen LogP contribution >= 0.6 is 11.3 Å². The predicted octanol–water partition coefficient (Wildman–Crippen LogP) is 13.9. The van der Waals surface area contributed by atoms with Crippen molar-refractivity contribution < 1.29 is 4.42 Å². The van der Waals surface area contributed by atoms with Gasteiger partial charge in [-0.2, -0.15) is 0 Å². The van der Waals surface area contributed by atoms with Crippen molar-refractivity contribution in [3.63, 3.8) is 0 Å². The number of anilines is 3. The van der Waals surface area contributed by atoms with Gasteiger partial charge in [0.2, 0.25) is 0 Å². The molecular formula is C46H29NOS. The summed E-state index contributed by atoms with van der Waals surface area (Å²) in [5, 5.41) is 7.28. The van der Waals surface area contributed by atoms with Crippen molar-refractivity contribution in [3.8, 4) is 22.3 Å². The van der Waals surface area contributed by atoms with E-state index in [-0.39, 0.29) is 0 Å². The molecule has 0 bridgehead atoms. The van der Waals surface area contributed by atoms with Gasteiger partial charge in [0.25, 0.3) is 0 Å². The Hall–Kier alpha value is -6.16. The highest BCUT2D eigenvalue weighted by molar-refractivity contribution is 7.26. The van der Waals surface area contributed by atoms with E-state index in [2.05, 4.69) is 175 Å². The Morgan fingerprint density at radius 1 is 0.429 bits per heavy atom. The predicted molar refractivity (Wildman–Crippen MR) is 210 cm³/mol. The van der Waals surface area contributed by atoms with Crippen molar-refractivity contribution in [2.45, 2.75) is 0 Å². The zero-order valence-corrected chi connectivity index (χ0v) is 27.3. The summed E-state index contributed by atoms with van der Waals surface area (Å²) in [5.41, 5.74) is 9.86. The van der Waals surface area contributed by atoms with Gasteiger partial charge in [0.15, 0.2) is 5.58 Å². The van der Waals surface area contributed by atoms with Crippen LogP contribution in [0, 0.1) is 0 Å². The summed E-state index contributed by atoms with van der Waals surface area (Å²) < 4.78 is 9.16. The minimum atomic E-state index is 0.883. The molecule has 49 heavy (non-hydrogen) atoms. The van der Waals surface area contributed by atoms with Crippen molar-refractivity contribution in [3.05, 3.63) is 176 Å². The quantitative estimate of drug-likeness (QED) is 0.186. The van der Waals surface area contributed by atoms with E-state index in [1.165, 1.54) is 53.2 Å². The molecular weight excluding hydrogens is 615 g/mol. The molecule has 0 fully saturated rings. The highest BCUT2D eigenvalue weighted by Crippen LogP contribution is 2.47. The zero-order chi connectivity index (χ0) is 32.3. The lowest BCUT2D eigenvalue weighted by Gasteiger charge is -2.26. The Morgan fingerprint density at radius 3 is 2.00 bits per heavy atom. The first-order valence-electron chi connectivity index (χ1n) is 16.6. The van der Waals surface area contributed by atoms with Gasteiger partial charge in [0, 0.05) is 31.9 Å². The average molecular weight is 644 g/mol. The van der Waals surface area contributed by atoms with E-state index in [1.54, 1.807) is 0 Å². The van der Waals surface area contributed by atoms with Crippen LogP contribution < -0.4 is 4.90 Å². The minimum absolute atomic E-state index is 0.883. The van der Waals surface area contributed by atoms with E-state index in [0.29, 0.717) is 0 Å². The van der Waals surface area contributed by atoms with Crippen LogP contribution in [0.15, 0.2) is 180 Å². The van der Waals surface area contributed by atoms with Crippen LogP contribution in [-0.2, 0) is 0 Å². The SMILES string of the molecule is c1ccc(-c2cccc3ccc(-c4ccc(N(c5cccc6c5oc5ccccc56)c5cccc6c5sc5ccccc56)cc4)cc23)cc1. The lowest BCUT2D eigenvalue weighted by atomic mass is 9.95. The van der Waals surface area contributed by atoms with Crippen LogP contribution in [0.5, 0.6) is 0 Å². The molecule has 0 aliphatic carbocycles. The molecule has 0 amide bonds. The second-order valence-corrected chi connectivity index (χ2v) is 13.5. The van der Waals surface area contributed by atoms with E-state index in [9.17, 15) is 0 Å². The van der Waals surface area contributed by atoms with Gasteiger partial charge in [-0.05, 0) is 75.5 Å². The molecule has 2 heterocycles. The topological polar surface area (TPSA) is 16.4 Å². The second-order valence-electron chi connectivity index (χ2n) is 12.5. The number of para-hydroxylation sites is 2. The van der Waals surface area contributed by atoms with Gasteiger partial charge in [-0.25, -0.2) is 0 Å². The third kappa shape index (κ3) is 4.55. The van der Waals surface area contributed by atoms with Gasteiger partial charge in [-0.15, -0.1) is 11.3 Å². The van der Waals surface area contributed by atoms with Crippen molar-refractivity contribution in [1.82, 2.24) is 0 Å². The summed E-state index contributed by atoms with van der Waals surface area (Å²) in [6.07, 6.45) is 0. The molecule has 0 spiro atoms. The summed E-state index contributed by atoms with van der Waals surface area (Å²) in [4.78, 5) is 2.38. The highest BCUT2D eigenvalue weighted by Gasteiger charge is 2.22. The molecule has 10 rings (SSSR count). The number of hydrogen-bond donors (Lipinski definition) is 0. The van der Waals surface area contributed by atoms with E-state index >= 15 is 0 Å². The van der Waals surface area contributed by atoms with Gasteiger partial charge < -0.3 is 9.32 Å². The largest absolute Gasteiger partial charge is 0.454 e. The summed E-state index contributed by atoms with van der Waals surface area (Å²) in [5.74, 6) is 0. The number of thiophene rings is 1. The molecule has 0 unspecified atom stereocenters. The first kappa shape index (κ1) is 27.9. The number of fused-ring (bicyclic) bond motifs is 7. The van der Waals surface area contributed by atoms with Crippen molar-refractivity contribution in [2.24, 2.45) is 0 Å². The summed E-state index contributed by atoms with van der Waals surface area (Å²) in [6, 6.07) is 63.1.